The zero-order valence-corrected chi connectivity index (χ0v) is 12.7. The average molecular weight is 279 g/mol. The number of carbonyl (C=O) groups is 1. The number of nitrogens with zero attached hydrogens (tertiary/aromatic N) is 3. The highest BCUT2D eigenvalue weighted by Crippen LogP contribution is 2.20. The molecule has 1 aromatic heterocycles. The minimum atomic E-state index is -0.0312. The summed E-state index contributed by atoms with van der Waals surface area (Å²) in [4.78, 5) is 14.4. The number of hydrogen-bond acceptors (Lipinski definition) is 3. The van der Waals surface area contributed by atoms with Gasteiger partial charge in [0.25, 0.3) is 5.91 Å². The van der Waals surface area contributed by atoms with Crippen molar-refractivity contribution in [3.05, 3.63) is 17.5 Å². The molecule has 2 heterocycles. The lowest BCUT2D eigenvalue weighted by molar-refractivity contribution is 0.0665. The Morgan fingerprint density at radius 2 is 2.30 bits per heavy atom. The fourth-order valence-corrected chi connectivity index (χ4v) is 2.84. The Morgan fingerprint density at radius 1 is 1.55 bits per heavy atom. The zero-order valence-electron chi connectivity index (χ0n) is 12.7. The van der Waals surface area contributed by atoms with Crippen LogP contribution in [0.3, 0.4) is 0 Å². The summed E-state index contributed by atoms with van der Waals surface area (Å²) >= 11 is 0. The first-order valence-corrected chi connectivity index (χ1v) is 7.55. The van der Waals surface area contributed by atoms with Crippen LogP contribution in [0.4, 0.5) is 0 Å². The number of aromatic nitrogens is 2. The van der Waals surface area contributed by atoms with Crippen molar-refractivity contribution in [2.24, 2.45) is 5.92 Å². The minimum absolute atomic E-state index is 0.00547. The second-order valence-electron chi connectivity index (χ2n) is 5.91. The van der Waals surface area contributed by atoms with Gasteiger partial charge >= 0.3 is 0 Å². The van der Waals surface area contributed by atoms with E-state index in [4.69, 9.17) is 0 Å². The van der Waals surface area contributed by atoms with Crippen LogP contribution in [-0.4, -0.2) is 44.9 Å². The normalized spacial score (nSPS) is 19.1. The number of aryl methyl sites for hydroxylation is 1. The first-order chi connectivity index (χ1) is 9.56. The van der Waals surface area contributed by atoms with E-state index >= 15 is 0 Å². The molecule has 1 atom stereocenters. The maximum absolute atomic E-state index is 12.6. The molecule has 0 spiro atoms. The summed E-state index contributed by atoms with van der Waals surface area (Å²) in [6, 6.07) is 1.88. The molecule has 0 aromatic carbocycles. The molecule has 0 aliphatic carbocycles. The van der Waals surface area contributed by atoms with E-state index in [1.165, 1.54) is 0 Å². The van der Waals surface area contributed by atoms with E-state index in [1.54, 1.807) is 9.58 Å². The quantitative estimate of drug-likeness (QED) is 0.892. The Balaban J connectivity index is 2.22. The molecular formula is C15H25N3O2. The Kier molecular flexibility index (Phi) is 4.81. The van der Waals surface area contributed by atoms with Gasteiger partial charge in [-0.1, -0.05) is 13.8 Å². The number of carbonyl (C=O) groups excluding carboxylic acids is 1. The number of rotatable bonds is 5. The highest BCUT2D eigenvalue weighted by molar-refractivity contribution is 5.93. The first-order valence-electron chi connectivity index (χ1n) is 7.55. The van der Waals surface area contributed by atoms with Crippen LogP contribution in [0.2, 0.25) is 0 Å². The van der Waals surface area contributed by atoms with Gasteiger partial charge in [0, 0.05) is 13.1 Å². The van der Waals surface area contributed by atoms with Gasteiger partial charge in [-0.2, -0.15) is 5.10 Å². The standard InChI is InChI=1S/C15H25N3O2/c1-4-18-14(9-12(16-18)8-11(2)3)15(20)17-7-5-6-13(17)10-19/h9,11,13,19H,4-8,10H2,1-3H3/t13-/m0/s1. The molecule has 112 valence electrons. The summed E-state index contributed by atoms with van der Waals surface area (Å²) in [6.45, 7) is 7.76. The van der Waals surface area contributed by atoms with Crippen LogP contribution in [0.5, 0.6) is 0 Å². The highest BCUT2D eigenvalue weighted by Gasteiger charge is 2.30. The van der Waals surface area contributed by atoms with E-state index in [2.05, 4.69) is 18.9 Å². The fraction of sp³-hybridized carbons (Fsp3) is 0.733. The van der Waals surface area contributed by atoms with Gasteiger partial charge in [0.1, 0.15) is 5.69 Å². The van der Waals surface area contributed by atoms with Crippen LogP contribution in [0.1, 0.15) is 49.8 Å². The third kappa shape index (κ3) is 3.03. The van der Waals surface area contributed by atoms with Crippen LogP contribution >= 0.6 is 0 Å². The molecule has 1 saturated heterocycles. The van der Waals surface area contributed by atoms with Crippen molar-refractivity contribution in [2.75, 3.05) is 13.2 Å². The Morgan fingerprint density at radius 3 is 2.90 bits per heavy atom. The molecule has 0 saturated carbocycles. The Labute approximate surface area is 120 Å². The molecule has 0 radical (unpaired) electrons. The lowest BCUT2D eigenvalue weighted by Gasteiger charge is -2.23. The van der Waals surface area contributed by atoms with Gasteiger partial charge in [-0.3, -0.25) is 9.48 Å². The van der Waals surface area contributed by atoms with E-state index in [0.29, 0.717) is 18.2 Å². The molecular weight excluding hydrogens is 254 g/mol. The monoisotopic (exact) mass is 279 g/mol. The van der Waals surface area contributed by atoms with Crippen molar-refractivity contribution >= 4 is 5.91 Å². The van der Waals surface area contributed by atoms with E-state index in [0.717, 1.165) is 31.5 Å². The van der Waals surface area contributed by atoms with Crippen molar-refractivity contribution in [1.82, 2.24) is 14.7 Å². The van der Waals surface area contributed by atoms with Gasteiger partial charge < -0.3 is 10.0 Å². The average Bonchev–Trinajstić information content (AvgIpc) is 3.02. The topological polar surface area (TPSA) is 58.4 Å². The fourth-order valence-electron chi connectivity index (χ4n) is 2.84. The van der Waals surface area contributed by atoms with Crippen LogP contribution in [0, 0.1) is 5.92 Å². The summed E-state index contributed by atoms with van der Waals surface area (Å²) in [5.74, 6) is 0.529. The van der Waals surface area contributed by atoms with Crippen molar-refractivity contribution in [1.29, 1.82) is 0 Å². The molecule has 1 aliphatic rings. The molecule has 1 aromatic rings. The highest BCUT2D eigenvalue weighted by atomic mass is 16.3. The maximum Gasteiger partial charge on any atom is 0.272 e. The third-order valence-corrected chi connectivity index (χ3v) is 3.82. The van der Waals surface area contributed by atoms with Crippen LogP contribution < -0.4 is 0 Å². The predicted octanol–water partition coefficient (Wildman–Crippen LogP) is 1.70. The summed E-state index contributed by atoms with van der Waals surface area (Å²) in [6.07, 6.45) is 2.74. The smallest absolute Gasteiger partial charge is 0.272 e. The first kappa shape index (κ1) is 15.0. The van der Waals surface area contributed by atoms with E-state index in [-0.39, 0.29) is 18.6 Å². The molecule has 1 N–H and O–H groups in total. The molecule has 20 heavy (non-hydrogen) atoms. The number of likely N-dealkylation sites (tertiary alicyclic amines) is 1. The minimum Gasteiger partial charge on any atom is -0.394 e. The number of amides is 1. The van der Waals surface area contributed by atoms with Crippen molar-refractivity contribution in [3.8, 4) is 0 Å². The molecule has 5 nitrogen and oxygen atoms in total. The third-order valence-electron chi connectivity index (χ3n) is 3.82. The maximum atomic E-state index is 12.6. The van der Waals surface area contributed by atoms with Crippen LogP contribution in [0.15, 0.2) is 6.07 Å². The SMILES string of the molecule is CCn1nc(CC(C)C)cc1C(=O)N1CCC[C@H]1CO. The lowest BCUT2D eigenvalue weighted by Crippen LogP contribution is -2.38. The number of hydrogen-bond donors (Lipinski definition) is 1. The van der Waals surface area contributed by atoms with Gasteiger partial charge in [-0.15, -0.1) is 0 Å². The van der Waals surface area contributed by atoms with Crippen LogP contribution in [-0.2, 0) is 13.0 Å². The number of aliphatic hydroxyl groups excluding tert-OH is 1. The van der Waals surface area contributed by atoms with Gasteiger partial charge in [0.05, 0.1) is 18.3 Å². The largest absolute Gasteiger partial charge is 0.394 e. The van der Waals surface area contributed by atoms with Gasteiger partial charge in [0.2, 0.25) is 0 Å². The predicted molar refractivity (Wildman–Crippen MR) is 77.6 cm³/mol. The molecule has 5 heteroatoms. The second-order valence-corrected chi connectivity index (χ2v) is 5.91. The van der Waals surface area contributed by atoms with E-state index in [9.17, 15) is 9.90 Å². The van der Waals surface area contributed by atoms with Gasteiger partial charge in [0.15, 0.2) is 0 Å². The second kappa shape index (κ2) is 6.39. The molecule has 1 fully saturated rings. The van der Waals surface area contributed by atoms with Gasteiger partial charge in [-0.05, 0) is 38.2 Å². The summed E-state index contributed by atoms with van der Waals surface area (Å²) in [5.41, 5.74) is 1.63. The van der Waals surface area contributed by atoms with E-state index in [1.807, 2.05) is 13.0 Å². The summed E-state index contributed by atoms with van der Waals surface area (Å²) in [5, 5.41) is 13.9. The van der Waals surface area contributed by atoms with E-state index < -0.39 is 0 Å². The van der Waals surface area contributed by atoms with Gasteiger partial charge in [-0.25, -0.2) is 0 Å². The Hall–Kier alpha value is -1.36. The molecule has 0 bridgehead atoms. The lowest BCUT2D eigenvalue weighted by atomic mass is 10.1. The Bertz CT molecular complexity index is 468. The molecule has 1 aliphatic heterocycles. The molecule has 2 rings (SSSR count). The molecule has 1 amide bonds. The van der Waals surface area contributed by atoms with Crippen molar-refractivity contribution < 1.29 is 9.90 Å². The number of aliphatic hydroxyl groups is 1. The van der Waals surface area contributed by atoms with Crippen LogP contribution in [0.25, 0.3) is 0 Å². The zero-order chi connectivity index (χ0) is 14.7. The van der Waals surface area contributed by atoms with Crippen molar-refractivity contribution in [3.63, 3.8) is 0 Å². The summed E-state index contributed by atoms with van der Waals surface area (Å²) < 4.78 is 1.78. The molecule has 0 unspecified atom stereocenters. The van der Waals surface area contributed by atoms with Crippen molar-refractivity contribution in [2.45, 2.75) is 52.6 Å². The summed E-state index contributed by atoms with van der Waals surface area (Å²) in [7, 11) is 0.